The highest BCUT2D eigenvalue weighted by atomic mass is 16.6. The van der Waals surface area contributed by atoms with E-state index in [1.54, 1.807) is 40.0 Å². The van der Waals surface area contributed by atoms with Gasteiger partial charge in [-0.25, -0.2) is 4.79 Å². The number of aromatic hydroxyl groups is 1. The van der Waals surface area contributed by atoms with Gasteiger partial charge in [0.15, 0.2) is 0 Å². The number of carbonyl (C=O) groups is 3. The Morgan fingerprint density at radius 1 is 0.973 bits per heavy atom. The van der Waals surface area contributed by atoms with Crippen molar-refractivity contribution in [1.82, 2.24) is 15.5 Å². The van der Waals surface area contributed by atoms with Crippen molar-refractivity contribution < 1.29 is 24.2 Å². The molecule has 0 aliphatic heterocycles. The Morgan fingerprint density at radius 2 is 1.57 bits per heavy atom. The summed E-state index contributed by atoms with van der Waals surface area (Å²) in [6.45, 7) is 9.83. The molecular weight excluding hydrogens is 470 g/mol. The molecule has 2 aromatic carbocycles. The third kappa shape index (κ3) is 9.44. The van der Waals surface area contributed by atoms with E-state index in [0.29, 0.717) is 12.1 Å². The summed E-state index contributed by atoms with van der Waals surface area (Å²) < 4.78 is 5.40. The molecule has 0 radical (unpaired) electrons. The zero-order valence-electron chi connectivity index (χ0n) is 22.8. The van der Waals surface area contributed by atoms with Gasteiger partial charge < -0.3 is 25.4 Å². The van der Waals surface area contributed by atoms with Gasteiger partial charge in [0.25, 0.3) is 0 Å². The first-order chi connectivity index (χ1) is 17.4. The van der Waals surface area contributed by atoms with Gasteiger partial charge in [0.1, 0.15) is 23.4 Å². The van der Waals surface area contributed by atoms with Crippen molar-refractivity contribution in [1.29, 1.82) is 0 Å². The third-order valence-corrected chi connectivity index (χ3v) is 5.88. The molecule has 0 saturated heterocycles. The number of phenols is 1. The van der Waals surface area contributed by atoms with Crippen LogP contribution in [-0.2, 0) is 27.2 Å². The van der Waals surface area contributed by atoms with Gasteiger partial charge >= 0.3 is 6.09 Å². The van der Waals surface area contributed by atoms with Crippen molar-refractivity contribution in [2.45, 2.75) is 78.0 Å². The molecule has 2 rings (SSSR count). The monoisotopic (exact) mass is 511 g/mol. The van der Waals surface area contributed by atoms with Crippen molar-refractivity contribution in [3.63, 3.8) is 0 Å². The molecule has 0 aromatic heterocycles. The summed E-state index contributed by atoms with van der Waals surface area (Å²) >= 11 is 0. The van der Waals surface area contributed by atoms with Crippen molar-refractivity contribution in [3.05, 3.63) is 65.2 Å². The van der Waals surface area contributed by atoms with Crippen LogP contribution in [-0.4, -0.2) is 53.1 Å². The van der Waals surface area contributed by atoms with E-state index in [1.807, 2.05) is 31.2 Å². The lowest BCUT2D eigenvalue weighted by Gasteiger charge is -2.32. The summed E-state index contributed by atoms with van der Waals surface area (Å²) in [5.41, 5.74) is 1.80. The molecule has 0 spiro atoms. The molecule has 0 aliphatic carbocycles. The first kappa shape index (κ1) is 29.7. The molecular formula is C29H41N3O5. The number of aryl methyl sites for hydroxylation is 1. The van der Waals surface area contributed by atoms with Crippen LogP contribution in [0.2, 0.25) is 0 Å². The molecule has 2 atom stereocenters. The molecule has 0 fully saturated rings. The van der Waals surface area contributed by atoms with E-state index in [1.165, 1.54) is 17.0 Å². The van der Waals surface area contributed by atoms with Crippen LogP contribution in [0.25, 0.3) is 0 Å². The number of amides is 3. The van der Waals surface area contributed by atoms with Gasteiger partial charge in [0.2, 0.25) is 11.8 Å². The Hall–Kier alpha value is -3.55. The van der Waals surface area contributed by atoms with Crippen molar-refractivity contribution in [2.24, 2.45) is 0 Å². The van der Waals surface area contributed by atoms with Crippen LogP contribution >= 0.6 is 0 Å². The van der Waals surface area contributed by atoms with Crippen LogP contribution in [0, 0.1) is 0 Å². The third-order valence-electron chi connectivity index (χ3n) is 5.88. The predicted molar refractivity (Wildman–Crippen MR) is 144 cm³/mol. The number of likely N-dealkylation sites (N-methyl/N-ethyl adjacent to an activating group) is 1. The van der Waals surface area contributed by atoms with E-state index in [-0.39, 0.29) is 18.1 Å². The minimum absolute atomic E-state index is 0.100. The summed E-state index contributed by atoms with van der Waals surface area (Å²) in [4.78, 5) is 41.1. The SMILES string of the molecule is CCCCNC(=O)C(c1ccc(CC)cc1)N(C)C(=O)C(Cc1ccc(O)cc1)NC(=O)OC(C)(C)C. The second kappa shape index (κ2) is 13.7. The zero-order chi connectivity index (χ0) is 27.6. The lowest BCUT2D eigenvalue weighted by Crippen LogP contribution is -2.52. The second-order valence-corrected chi connectivity index (χ2v) is 10.2. The molecule has 0 saturated carbocycles. The molecule has 3 amide bonds. The lowest BCUT2D eigenvalue weighted by molar-refractivity contribution is -0.140. The van der Waals surface area contributed by atoms with E-state index >= 15 is 0 Å². The quantitative estimate of drug-likeness (QED) is 0.385. The predicted octanol–water partition coefficient (Wildman–Crippen LogP) is 4.51. The van der Waals surface area contributed by atoms with Gasteiger partial charge in [-0.2, -0.15) is 0 Å². The maximum Gasteiger partial charge on any atom is 0.408 e. The number of hydrogen-bond donors (Lipinski definition) is 3. The van der Waals surface area contributed by atoms with Crippen LogP contribution in [0.1, 0.15) is 70.2 Å². The molecule has 0 heterocycles. The minimum Gasteiger partial charge on any atom is -0.508 e. The van der Waals surface area contributed by atoms with E-state index < -0.39 is 29.7 Å². The average molecular weight is 512 g/mol. The van der Waals surface area contributed by atoms with Gasteiger partial charge in [-0.15, -0.1) is 0 Å². The van der Waals surface area contributed by atoms with Gasteiger partial charge in [-0.05, 0) is 62.4 Å². The summed E-state index contributed by atoms with van der Waals surface area (Å²) in [7, 11) is 1.57. The fourth-order valence-electron chi connectivity index (χ4n) is 3.86. The van der Waals surface area contributed by atoms with Crippen molar-refractivity contribution in [2.75, 3.05) is 13.6 Å². The standard InChI is InChI=1S/C29H41N3O5/c1-7-9-18-30-26(34)25(22-14-10-20(8-2)11-15-22)32(6)27(35)24(31-28(36)37-29(3,4)5)19-21-12-16-23(33)17-13-21/h10-17,24-25,33H,7-9,18-19H2,1-6H3,(H,30,34)(H,31,36). The normalized spacial score (nSPS) is 12.8. The van der Waals surface area contributed by atoms with Crippen molar-refractivity contribution in [3.8, 4) is 5.75 Å². The first-order valence-electron chi connectivity index (χ1n) is 12.9. The fourth-order valence-corrected chi connectivity index (χ4v) is 3.86. The first-order valence-corrected chi connectivity index (χ1v) is 12.9. The number of phenolic OH excluding ortho intramolecular Hbond substituents is 1. The summed E-state index contributed by atoms with van der Waals surface area (Å²) in [5.74, 6) is -0.619. The van der Waals surface area contributed by atoms with Crippen LogP contribution in [0.15, 0.2) is 48.5 Å². The van der Waals surface area contributed by atoms with Gasteiger partial charge in [0, 0.05) is 20.0 Å². The number of nitrogens with zero attached hydrogens (tertiary/aromatic N) is 1. The van der Waals surface area contributed by atoms with Crippen LogP contribution in [0.4, 0.5) is 4.79 Å². The van der Waals surface area contributed by atoms with Crippen molar-refractivity contribution >= 4 is 17.9 Å². The number of ether oxygens (including phenoxy) is 1. The maximum absolute atomic E-state index is 13.8. The Balaban J connectivity index is 2.38. The molecule has 0 bridgehead atoms. The van der Waals surface area contributed by atoms with E-state index in [2.05, 4.69) is 17.6 Å². The highest BCUT2D eigenvalue weighted by molar-refractivity contribution is 5.92. The molecule has 0 aliphatic rings. The molecule has 8 heteroatoms. The molecule has 202 valence electrons. The number of nitrogens with one attached hydrogen (secondary N) is 2. The molecule has 8 nitrogen and oxygen atoms in total. The van der Waals surface area contributed by atoms with Gasteiger partial charge in [-0.1, -0.05) is 56.7 Å². The number of alkyl carbamates (subject to hydrolysis) is 1. The smallest absolute Gasteiger partial charge is 0.408 e. The molecule has 37 heavy (non-hydrogen) atoms. The summed E-state index contributed by atoms with van der Waals surface area (Å²) in [5, 5.41) is 15.3. The van der Waals surface area contributed by atoms with Crippen LogP contribution in [0.3, 0.4) is 0 Å². The number of carbonyl (C=O) groups excluding carboxylic acids is 3. The lowest BCUT2D eigenvalue weighted by atomic mass is 9.99. The number of benzene rings is 2. The van der Waals surface area contributed by atoms with Crippen LogP contribution < -0.4 is 10.6 Å². The number of unbranched alkanes of at least 4 members (excludes halogenated alkanes) is 1. The highest BCUT2D eigenvalue weighted by Crippen LogP contribution is 2.23. The maximum atomic E-state index is 13.8. The van der Waals surface area contributed by atoms with Gasteiger partial charge in [-0.3, -0.25) is 9.59 Å². The second-order valence-electron chi connectivity index (χ2n) is 10.2. The highest BCUT2D eigenvalue weighted by Gasteiger charge is 2.34. The van der Waals surface area contributed by atoms with E-state index in [4.69, 9.17) is 4.74 Å². The Morgan fingerprint density at radius 3 is 2.11 bits per heavy atom. The molecule has 3 N–H and O–H groups in total. The topological polar surface area (TPSA) is 108 Å². The Bertz CT molecular complexity index is 1030. The summed E-state index contributed by atoms with van der Waals surface area (Å²) in [6.07, 6.45) is 2.04. The number of hydrogen-bond acceptors (Lipinski definition) is 5. The zero-order valence-corrected chi connectivity index (χ0v) is 22.8. The van der Waals surface area contributed by atoms with E-state index in [0.717, 1.165) is 30.4 Å². The fraction of sp³-hybridized carbons (Fsp3) is 0.483. The molecule has 2 unspecified atom stereocenters. The largest absolute Gasteiger partial charge is 0.508 e. The average Bonchev–Trinajstić information content (AvgIpc) is 2.84. The minimum atomic E-state index is -0.995. The molecule has 2 aromatic rings. The van der Waals surface area contributed by atoms with Gasteiger partial charge in [0.05, 0.1) is 0 Å². The Kier molecular flexibility index (Phi) is 11.0. The van der Waals surface area contributed by atoms with E-state index in [9.17, 15) is 19.5 Å². The Labute approximate surface area is 220 Å². The van der Waals surface area contributed by atoms with Crippen LogP contribution in [0.5, 0.6) is 5.75 Å². The summed E-state index contributed by atoms with van der Waals surface area (Å²) in [6, 6.07) is 12.2. The number of rotatable bonds is 11.